The number of aliphatic imine (C=N–C) groups is 1. The molecule has 0 aliphatic rings. The third kappa shape index (κ3) is 5.62. The number of benzene rings is 1. The van der Waals surface area contributed by atoms with E-state index in [2.05, 4.69) is 32.7 Å². The summed E-state index contributed by atoms with van der Waals surface area (Å²) in [5.74, 6) is 3.15. The first kappa shape index (κ1) is 20.0. The molecule has 2 aromatic rings. The number of aromatic nitrogens is 3. The summed E-state index contributed by atoms with van der Waals surface area (Å²) in [7, 11) is 3.56. The monoisotopic (exact) mass is 378 g/mol. The lowest BCUT2D eigenvalue weighted by atomic mass is 10.2. The van der Waals surface area contributed by atoms with Crippen LogP contribution >= 0.6 is 11.6 Å². The Labute approximate surface area is 159 Å². The van der Waals surface area contributed by atoms with Gasteiger partial charge in [-0.15, -0.1) is 10.2 Å². The first-order valence-corrected chi connectivity index (χ1v) is 9.12. The molecule has 26 heavy (non-hydrogen) atoms. The van der Waals surface area contributed by atoms with E-state index in [4.69, 9.17) is 16.3 Å². The maximum absolute atomic E-state index is 6.19. The number of guanidine groups is 1. The van der Waals surface area contributed by atoms with Crippen LogP contribution in [0.3, 0.4) is 0 Å². The number of halogens is 1. The highest BCUT2D eigenvalue weighted by Crippen LogP contribution is 2.25. The summed E-state index contributed by atoms with van der Waals surface area (Å²) in [6, 6.07) is 5.69. The molecule has 0 atom stereocenters. The summed E-state index contributed by atoms with van der Waals surface area (Å²) in [5.41, 5.74) is 1.02. The van der Waals surface area contributed by atoms with Crippen LogP contribution in [0, 0.1) is 6.92 Å². The minimum absolute atomic E-state index is 0.517. The van der Waals surface area contributed by atoms with Crippen LogP contribution in [0.1, 0.15) is 37.0 Å². The van der Waals surface area contributed by atoms with Gasteiger partial charge >= 0.3 is 0 Å². The van der Waals surface area contributed by atoms with Crippen LogP contribution in [0.5, 0.6) is 5.75 Å². The fourth-order valence-electron chi connectivity index (χ4n) is 2.30. The molecule has 0 unspecified atom stereocenters. The fraction of sp³-hybridized carbons (Fsp3) is 0.500. The van der Waals surface area contributed by atoms with Crippen molar-refractivity contribution < 1.29 is 4.74 Å². The molecule has 142 valence electrons. The lowest BCUT2D eigenvalue weighted by molar-refractivity contribution is 0.415. The lowest BCUT2D eigenvalue weighted by Crippen LogP contribution is -2.38. The normalized spacial score (nSPS) is 11.5. The Morgan fingerprint density at radius 1 is 1.31 bits per heavy atom. The fourth-order valence-corrected chi connectivity index (χ4v) is 2.58. The molecule has 8 heteroatoms. The number of aryl methyl sites for hydroxylation is 1. The molecule has 0 fully saturated rings. The standard InChI is InChI=1S/C18H27ClN6O/c1-5-6-9-20-18(22-12-17-24-23-13(2)25(17)3)21-11-14-7-8-16(26-4)15(19)10-14/h7-8,10H,5-6,9,11-12H2,1-4H3,(H2,20,21,22). The van der Waals surface area contributed by atoms with E-state index in [-0.39, 0.29) is 0 Å². The first-order valence-electron chi connectivity index (χ1n) is 8.74. The Hall–Kier alpha value is -2.28. The molecular formula is C18H27ClN6O. The van der Waals surface area contributed by atoms with E-state index in [1.165, 1.54) is 0 Å². The van der Waals surface area contributed by atoms with E-state index in [1.54, 1.807) is 7.11 Å². The quantitative estimate of drug-likeness (QED) is 0.419. The molecule has 0 saturated carbocycles. The molecule has 0 bridgehead atoms. The predicted octanol–water partition coefficient (Wildman–Crippen LogP) is 2.82. The van der Waals surface area contributed by atoms with Gasteiger partial charge in [0.15, 0.2) is 11.8 Å². The molecule has 0 saturated heterocycles. The van der Waals surface area contributed by atoms with Crippen LogP contribution in [0.15, 0.2) is 23.2 Å². The van der Waals surface area contributed by atoms with Crippen molar-refractivity contribution in [1.29, 1.82) is 0 Å². The van der Waals surface area contributed by atoms with Gasteiger partial charge in [0.05, 0.1) is 25.2 Å². The van der Waals surface area contributed by atoms with Gasteiger partial charge in [0.1, 0.15) is 11.6 Å². The van der Waals surface area contributed by atoms with Crippen LogP contribution in [-0.4, -0.2) is 34.4 Å². The third-order valence-electron chi connectivity index (χ3n) is 4.06. The molecular weight excluding hydrogens is 352 g/mol. The van der Waals surface area contributed by atoms with E-state index in [0.717, 1.165) is 42.6 Å². The summed E-state index contributed by atoms with van der Waals surface area (Å²) in [6.07, 6.45) is 2.20. The van der Waals surface area contributed by atoms with Crippen molar-refractivity contribution in [1.82, 2.24) is 25.4 Å². The number of hydrogen-bond acceptors (Lipinski definition) is 4. The van der Waals surface area contributed by atoms with E-state index in [9.17, 15) is 0 Å². The smallest absolute Gasteiger partial charge is 0.191 e. The van der Waals surface area contributed by atoms with Gasteiger partial charge in [-0.05, 0) is 31.0 Å². The average Bonchev–Trinajstić information content (AvgIpc) is 2.95. The number of nitrogens with one attached hydrogen (secondary N) is 2. The minimum Gasteiger partial charge on any atom is -0.495 e. The topological polar surface area (TPSA) is 76.4 Å². The number of methoxy groups -OCH3 is 1. The zero-order chi connectivity index (χ0) is 18.9. The SMILES string of the molecule is CCCCNC(=NCc1ccc(OC)c(Cl)c1)NCc1nnc(C)n1C. The van der Waals surface area contributed by atoms with Crippen LogP contribution in [0.25, 0.3) is 0 Å². The summed E-state index contributed by atoms with van der Waals surface area (Å²) in [6.45, 7) is 6.03. The highest BCUT2D eigenvalue weighted by molar-refractivity contribution is 6.32. The Kier molecular flexibility index (Phi) is 7.72. The Morgan fingerprint density at radius 3 is 2.73 bits per heavy atom. The predicted molar refractivity (Wildman–Crippen MR) is 105 cm³/mol. The van der Waals surface area contributed by atoms with Crippen LogP contribution in [0.4, 0.5) is 0 Å². The Morgan fingerprint density at radius 2 is 2.12 bits per heavy atom. The Balaban J connectivity index is 2.03. The maximum atomic E-state index is 6.19. The maximum Gasteiger partial charge on any atom is 0.191 e. The van der Waals surface area contributed by atoms with Gasteiger partial charge in [-0.3, -0.25) is 0 Å². The molecule has 1 aromatic carbocycles. The van der Waals surface area contributed by atoms with Gasteiger partial charge < -0.3 is 19.9 Å². The second-order valence-electron chi connectivity index (χ2n) is 5.99. The van der Waals surface area contributed by atoms with Crippen molar-refractivity contribution in [3.05, 3.63) is 40.4 Å². The second-order valence-corrected chi connectivity index (χ2v) is 6.40. The van der Waals surface area contributed by atoms with Crippen LogP contribution in [0.2, 0.25) is 5.02 Å². The van der Waals surface area contributed by atoms with Gasteiger partial charge in [-0.1, -0.05) is 31.0 Å². The lowest BCUT2D eigenvalue weighted by Gasteiger charge is -2.12. The van der Waals surface area contributed by atoms with Crippen molar-refractivity contribution in [2.75, 3.05) is 13.7 Å². The molecule has 0 amide bonds. The molecule has 2 rings (SSSR count). The van der Waals surface area contributed by atoms with Crippen molar-refractivity contribution in [2.24, 2.45) is 12.0 Å². The zero-order valence-corrected chi connectivity index (χ0v) is 16.6. The summed E-state index contributed by atoms with van der Waals surface area (Å²) >= 11 is 6.19. The molecule has 0 spiro atoms. The van der Waals surface area contributed by atoms with Crippen molar-refractivity contribution >= 4 is 17.6 Å². The van der Waals surface area contributed by atoms with E-state index >= 15 is 0 Å². The first-order chi connectivity index (χ1) is 12.5. The average molecular weight is 379 g/mol. The van der Waals surface area contributed by atoms with Gasteiger partial charge in [-0.2, -0.15) is 0 Å². The molecule has 1 aromatic heterocycles. The van der Waals surface area contributed by atoms with E-state index in [1.807, 2.05) is 36.7 Å². The minimum atomic E-state index is 0.517. The summed E-state index contributed by atoms with van der Waals surface area (Å²) in [5, 5.41) is 15.5. The molecule has 1 heterocycles. The van der Waals surface area contributed by atoms with Crippen molar-refractivity contribution in [3.8, 4) is 5.75 Å². The zero-order valence-electron chi connectivity index (χ0n) is 15.8. The number of ether oxygens (including phenoxy) is 1. The molecule has 2 N–H and O–H groups in total. The number of nitrogens with zero attached hydrogens (tertiary/aromatic N) is 4. The summed E-state index contributed by atoms with van der Waals surface area (Å²) in [4.78, 5) is 4.65. The van der Waals surface area contributed by atoms with Gasteiger partial charge in [-0.25, -0.2) is 4.99 Å². The third-order valence-corrected chi connectivity index (χ3v) is 4.35. The van der Waals surface area contributed by atoms with Crippen molar-refractivity contribution in [3.63, 3.8) is 0 Å². The highest BCUT2D eigenvalue weighted by atomic mass is 35.5. The Bertz CT molecular complexity index is 743. The van der Waals surface area contributed by atoms with Gasteiger partial charge in [0.2, 0.25) is 0 Å². The highest BCUT2D eigenvalue weighted by Gasteiger charge is 2.07. The van der Waals surface area contributed by atoms with Gasteiger partial charge in [0, 0.05) is 13.6 Å². The van der Waals surface area contributed by atoms with Crippen molar-refractivity contribution in [2.45, 2.75) is 39.8 Å². The molecule has 0 aliphatic heterocycles. The number of unbranched alkanes of at least 4 members (excludes halogenated alkanes) is 1. The number of rotatable bonds is 8. The van der Waals surface area contributed by atoms with E-state index < -0.39 is 0 Å². The van der Waals surface area contributed by atoms with Crippen LogP contribution < -0.4 is 15.4 Å². The largest absolute Gasteiger partial charge is 0.495 e. The molecule has 0 radical (unpaired) electrons. The molecule has 7 nitrogen and oxygen atoms in total. The number of hydrogen-bond donors (Lipinski definition) is 2. The summed E-state index contributed by atoms with van der Waals surface area (Å²) < 4.78 is 7.14. The second kappa shape index (κ2) is 10.0. The van der Waals surface area contributed by atoms with Gasteiger partial charge in [0.25, 0.3) is 0 Å². The molecule has 0 aliphatic carbocycles. The van der Waals surface area contributed by atoms with E-state index in [0.29, 0.717) is 23.9 Å². The van der Waals surface area contributed by atoms with Crippen LogP contribution in [-0.2, 0) is 20.1 Å².